The van der Waals surface area contributed by atoms with E-state index in [-0.39, 0.29) is 13.0 Å². The fourth-order valence-electron chi connectivity index (χ4n) is 2.43. The summed E-state index contributed by atoms with van der Waals surface area (Å²) >= 11 is 0. The van der Waals surface area contributed by atoms with E-state index in [4.69, 9.17) is 4.74 Å². The van der Waals surface area contributed by atoms with Gasteiger partial charge in [0.2, 0.25) is 5.91 Å². The van der Waals surface area contributed by atoms with Gasteiger partial charge in [0.1, 0.15) is 11.6 Å². The van der Waals surface area contributed by atoms with Gasteiger partial charge in [-0.05, 0) is 25.5 Å². The number of rotatable bonds is 3. The number of halogens is 5. The predicted octanol–water partition coefficient (Wildman–Crippen LogP) is 3.11. The van der Waals surface area contributed by atoms with E-state index in [0.29, 0.717) is 12.1 Å². The molecule has 0 radical (unpaired) electrons. The van der Waals surface area contributed by atoms with Gasteiger partial charge in [-0.1, -0.05) is 6.07 Å². The Morgan fingerprint density at radius 1 is 1.32 bits per heavy atom. The number of hydrogen-bond acceptors (Lipinski definition) is 2. The molecule has 1 aromatic carbocycles. The van der Waals surface area contributed by atoms with Crippen LogP contribution in [0.5, 0.6) is 0 Å². The van der Waals surface area contributed by atoms with Crippen LogP contribution in [0.15, 0.2) is 18.2 Å². The van der Waals surface area contributed by atoms with Crippen molar-refractivity contribution in [1.82, 2.24) is 5.32 Å². The molecule has 0 aromatic heterocycles. The van der Waals surface area contributed by atoms with Crippen LogP contribution in [0.4, 0.5) is 22.0 Å². The summed E-state index contributed by atoms with van der Waals surface area (Å²) in [5.41, 5.74) is -1.21. The highest BCUT2D eigenvalue weighted by molar-refractivity contribution is 5.80. The van der Waals surface area contributed by atoms with Crippen molar-refractivity contribution in [3.05, 3.63) is 35.4 Å². The van der Waals surface area contributed by atoms with Crippen LogP contribution in [0.3, 0.4) is 0 Å². The van der Waals surface area contributed by atoms with Gasteiger partial charge in [0.05, 0.1) is 17.6 Å². The van der Waals surface area contributed by atoms with Crippen molar-refractivity contribution >= 4 is 5.91 Å². The standard InChI is InChI=1S/C14H14F5NO2/c1-7-8(5-6-22-7)13(21)20-12(14(17,18)19)11-9(15)3-2-4-10(11)16/h2-4,7-8,12H,5-6H2,1H3,(H,20,21)/t7-,8-,12-/m0/s1. The number of carbonyl (C=O) groups is 1. The molecule has 1 aliphatic rings. The molecule has 1 fully saturated rings. The van der Waals surface area contributed by atoms with Gasteiger partial charge in [-0.15, -0.1) is 0 Å². The molecule has 1 saturated heterocycles. The van der Waals surface area contributed by atoms with Gasteiger partial charge in [0, 0.05) is 6.61 Å². The van der Waals surface area contributed by atoms with Crippen LogP contribution in [-0.2, 0) is 9.53 Å². The Morgan fingerprint density at radius 2 is 1.91 bits per heavy atom. The lowest BCUT2D eigenvalue weighted by atomic mass is 9.99. The molecule has 1 heterocycles. The number of ether oxygens (including phenoxy) is 1. The Bertz CT molecular complexity index is 540. The van der Waals surface area contributed by atoms with Crippen LogP contribution in [0.1, 0.15) is 24.9 Å². The topological polar surface area (TPSA) is 38.3 Å². The first-order valence-corrected chi connectivity index (χ1v) is 6.64. The summed E-state index contributed by atoms with van der Waals surface area (Å²) in [5, 5.41) is 1.70. The average molecular weight is 323 g/mol. The van der Waals surface area contributed by atoms with Gasteiger partial charge < -0.3 is 10.1 Å². The van der Waals surface area contributed by atoms with Crippen molar-refractivity contribution in [3.8, 4) is 0 Å². The minimum Gasteiger partial charge on any atom is -0.378 e. The summed E-state index contributed by atoms with van der Waals surface area (Å²) < 4.78 is 71.7. The van der Waals surface area contributed by atoms with E-state index in [2.05, 4.69) is 0 Å². The van der Waals surface area contributed by atoms with Crippen molar-refractivity contribution in [2.45, 2.75) is 31.7 Å². The Balaban J connectivity index is 2.30. The summed E-state index contributed by atoms with van der Waals surface area (Å²) in [6.07, 6.45) is -5.31. The molecule has 3 nitrogen and oxygen atoms in total. The summed E-state index contributed by atoms with van der Waals surface area (Å²) in [4.78, 5) is 12.0. The summed E-state index contributed by atoms with van der Waals surface area (Å²) in [7, 11) is 0. The molecule has 0 bridgehead atoms. The van der Waals surface area contributed by atoms with E-state index in [1.165, 1.54) is 0 Å². The van der Waals surface area contributed by atoms with Crippen molar-refractivity contribution < 1.29 is 31.5 Å². The third kappa shape index (κ3) is 3.37. The van der Waals surface area contributed by atoms with Gasteiger partial charge in [-0.25, -0.2) is 8.78 Å². The van der Waals surface area contributed by atoms with Crippen molar-refractivity contribution in [3.63, 3.8) is 0 Å². The van der Waals surface area contributed by atoms with E-state index in [1.54, 1.807) is 12.2 Å². The molecule has 0 spiro atoms. The SMILES string of the molecule is C[C@@H]1OCC[C@@H]1C(=O)N[C@@H](c1c(F)cccc1F)C(F)(F)F. The highest BCUT2D eigenvalue weighted by Crippen LogP contribution is 2.36. The number of benzene rings is 1. The molecule has 0 unspecified atom stereocenters. The number of alkyl halides is 3. The molecule has 0 saturated carbocycles. The molecule has 1 amide bonds. The second-order valence-corrected chi connectivity index (χ2v) is 5.09. The van der Waals surface area contributed by atoms with E-state index in [1.807, 2.05) is 0 Å². The fourth-order valence-corrected chi connectivity index (χ4v) is 2.43. The maximum Gasteiger partial charge on any atom is 0.413 e. The van der Waals surface area contributed by atoms with E-state index in [9.17, 15) is 26.7 Å². The molecular formula is C14H14F5NO2. The third-order valence-electron chi connectivity index (χ3n) is 3.62. The molecule has 8 heteroatoms. The zero-order valence-electron chi connectivity index (χ0n) is 11.6. The first kappa shape index (κ1) is 16.7. The minimum absolute atomic E-state index is 0.254. The lowest BCUT2D eigenvalue weighted by molar-refractivity contribution is -0.166. The second kappa shape index (κ2) is 6.20. The van der Waals surface area contributed by atoms with Gasteiger partial charge in [-0.3, -0.25) is 4.79 Å². The fraction of sp³-hybridized carbons (Fsp3) is 0.500. The Hall–Kier alpha value is -1.70. The highest BCUT2D eigenvalue weighted by Gasteiger charge is 2.46. The molecular weight excluding hydrogens is 309 g/mol. The monoisotopic (exact) mass is 323 g/mol. The van der Waals surface area contributed by atoms with Crippen LogP contribution in [-0.4, -0.2) is 24.8 Å². The molecule has 1 aromatic rings. The van der Waals surface area contributed by atoms with Crippen molar-refractivity contribution in [2.75, 3.05) is 6.61 Å². The highest BCUT2D eigenvalue weighted by atomic mass is 19.4. The lowest BCUT2D eigenvalue weighted by Gasteiger charge is -2.25. The molecule has 22 heavy (non-hydrogen) atoms. The normalized spacial score (nSPS) is 23.4. The molecule has 1 N–H and O–H groups in total. The number of amides is 1. The molecule has 3 atom stereocenters. The maximum absolute atomic E-state index is 13.6. The maximum atomic E-state index is 13.6. The predicted molar refractivity (Wildman–Crippen MR) is 66.8 cm³/mol. The smallest absolute Gasteiger partial charge is 0.378 e. The van der Waals surface area contributed by atoms with Crippen LogP contribution in [0.25, 0.3) is 0 Å². The first-order chi connectivity index (χ1) is 10.2. The van der Waals surface area contributed by atoms with Crippen LogP contribution < -0.4 is 5.32 Å². The van der Waals surface area contributed by atoms with E-state index in [0.717, 1.165) is 6.07 Å². The van der Waals surface area contributed by atoms with E-state index >= 15 is 0 Å². The van der Waals surface area contributed by atoms with Crippen LogP contribution >= 0.6 is 0 Å². The molecule has 1 aliphatic heterocycles. The third-order valence-corrected chi connectivity index (χ3v) is 3.62. The molecule has 0 aliphatic carbocycles. The Labute approximate surface area is 123 Å². The number of nitrogens with one attached hydrogen (secondary N) is 1. The molecule has 122 valence electrons. The second-order valence-electron chi connectivity index (χ2n) is 5.09. The Morgan fingerprint density at radius 3 is 2.36 bits per heavy atom. The zero-order valence-corrected chi connectivity index (χ0v) is 11.6. The Kier molecular flexibility index (Phi) is 4.69. The largest absolute Gasteiger partial charge is 0.413 e. The quantitative estimate of drug-likeness (QED) is 0.868. The number of carbonyl (C=O) groups excluding carboxylic acids is 1. The van der Waals surface area contributed by atoms with Gasteiger partial charge in [0.25, 0.3) is 0 Å². The first-order valence-electron chi connectivity index (χ1n) is 6.64. The van der Waals surface area contributed by atoms with Gasteiger partial charge in [0.15, 0.2) is 6.04 Å². The average Bonchev–Trinajstić information content (AvgIpc) is 2.82. The van der Waals surface area contributed by atoms with E-state index < -0.39 is 47.3 Å². The van der Waals surface area contributed by atoms with Gasteiger partial charge >= 0.3 is 6.18 Å². The van der Waals surface area contributed by atoms with Crippen molar-refractivity contribution in [2.24, 2.45) is 5.92 Å². The summed E-state index contributed by atoms with van der Waals surface area (Å²) in [6.45, 7) is 1.81. The van der Waals surface area contributed by atoms with Gasteiger partial charge in [-0.2, -0.15) is 13.2 Å². The van der Waals surface area contributed by atoms with Crippen molar-refractivity contribution in [1.29, 1.82) is 0 Å². The van der Waals surface area contributed by atoms with Crippen LogP contribution in [0, 0.1) is 17.6 Å². The molecule has 2 rings (SSSR count). The summed E-state index contributed by atoms with van der Waals surface area (Å²) in [5.74, 6) is -4.44. The number of hydrogen-bond donors (Lipinski definition) is 1. The van der Waals surface area contributed by atoms with Crippen LogP contribution in [0.2, 0.25) is 0 Å². The zero-order chi connectivity index (χ0) is 16.5. The lowest BCUT2D eigenvalue weighted by Crippen LogP contribution is -2.43. The summed E-state index contributed by atoms with van der Waals surface area (Å²) in [6, 6.07) is -0.361. The minimum atomic E-state index is -5.03.